The Hall–Kier alpha value is -2.14. The molecule has 6 heteroatoms. The van der Waals surface area contributed by atoms with Crippen LogP contribution >= 0.6 is 34.5 Å². The van der Waals surface area contributed by atoms with E-state index < -0.39 is 0 Å². The molecule has 4 aromatic rings. The highest BCUT2D eigenvalue weighted by atomic mass is 35.5. The van der Waals surface area contributed by atoms with Crippen LogP contribution in [0.2, 0.25) is 10.0 Å². The van der Waals surface area contributed by atoms with Crippen LogP contribution in [0.4, 0.5) is 0 Å². The van der Waals surface area contributed by atoms with E-state index in [-0.39, 0.29) is 5.56 Å². The summed E-state index contributed by atoms with van der Waals surface area (Å²) in [5, 5.41) is 3.19. The lowest BCUT2D eigenvalue weighted by atomic mass is 10.1. The van der Waals surface area contributed by atoms with Gasteiger partial charge in [0.05, 0.1) is 11.2 Å². The van der Waals surface area contributed by atoms with Crippen molar-refractivity contribution in [1.82, 2.24) is 9.55 Å². The minimum atomic E-state index is -0.106. The molecule has 0 saturated carbocycles. The summed E-state index contributed by atoms with van der Waals surface area (Å²) in [6, 6.07) is 14.6. The highest BCUT2D eigenvalue weighted by Crippen LogP contribution is 2.35. The molecular formula is C18H10Cl2N2OS. The number of fused-ring (bicyclic) bond motifs is 1. The molecule has 0 fully saturated rings. The van der Waals surface area contributed by atoms with Crippen molar-refractivity contribution in [3.05, 3.63) is 80.6 Å². The molecule has 0 aliphatic heterocycles. The number of hydrogen-bond donors (Lipinski definition) is 0. The number of thiophene rings is 1. The fourth-order valence-electron chi connectivity index (χ4n) is 2.57. The molecular weight excluding hydrogens is 363 g/mol. The molecule has 0 aliphatic carbocycles. The molecule has 0 radical (unpaired) electrons. The van der Waals surface area contributed by atoms with E-state index in [1.165, 1.54) is 15.9 Å². The second kappa shape index (κ2) is 6.06. The summed E-state index contributed by atoms with van der Waals surface area (Å²) >= 11 is 13.6. The first-order chi connectivity index (χ1) is 11.6. The Morgan fingerprint density at radius 1 is 0.958 bits per heavy atom. The second-order valence-electron chi connectivity index (χ2n) is 5.20. The topological polar surface area (TPSA) is 34.9 Å². The van der Waals surface area contributed by atoms with E-state index in [1.54, 1.807) is 30.6 Å². The van der Waals surface area contributed by atoms with E-state index in [9.17, 15) is 4.79 Å². The van der Waals surface area contributed by atoms with Gasteiger partial charge in [0.15, 0.2) is 0 Å². The quantitative estimate of drug-likeness (QED) is 0.470. The minimum absolute atomic E-state index is 0.106. The summed E-state index contributed by atoms with van der Waals surface area (Å²) in [7, 11) is 0. The van der Waals surface area contributed by atoms with Gasteiger partial charge in [0.2, 0.25) is 0 Å². The normalized spacial score (nSPS) is 11.1. The molecule has 0 bridgehead atoms. The molecule has 0 unspecified atom stereocenters. The molecule has 2 aromatic heterocycles. The van der Waals surface area contributed by atoms with Crippen LogP contribution in [0, 0.1) is 0 Å². The third-order valence-corrected chi connectivity index (χ3v) is 5.29. The molecule has 2 aromatic carbocycles. The van der Waals surface area contributed by atoms with E-state index in [1.807, 2.05) is 29.6 Å². The number of halogens is 2. The maximum absolute atomic E-state index is 12.8. The minimum Gasteiger partial charge on any atom is -0.267 e. The van der Waals surface area contributed by atoms with Crippen LogP contribution in [0.3, 0.4) is 0 Å². The van der Waals surface area contributed by atoms with Gasteiger partial charge in [0, 0.05) is 26.6 Å². The second-order valence-corrected chi connectivity index (χ2v) is 6.93. The van der Waals surface area contributed by atoms with E-state index >= 15 is 0 Å². The molecule has 0 saturated heterocycles. The van der Waals surface area contributed by atoms with Gasteiger partial charge in [-0.1, -0.05) is 41.4 Å². The Bertz CT molecular complexity index is 1100. The highest BCUT2D eigenvalue weighted by Gasteiger charge is 2.14. The van der Waals surface area contributed by atoms with Crippen LogP contribution in [-0.4, -0.2) is 9.55 Å². The number of nitrogens with zero attached hydrogens (tertiary/aromatic N) is 2. The molecule has 0 spiro atoms. The van der Waals surface area contributed by atoms with Gasteiger partial charge in [-0.25, -0.2) is 4.98 Å². The average Bonchev–Trinajstić information content (AvgIpc) is 3.01. The number of rotatable bonds is 2. The van der Waals surface area contributed by atoms with Crippen LogP contribution in [0.25, 0.3) is 27.0 Å². The Balaban J connectivity index is 1.92. The Morgan fingerprint density at radius 3 is 2.46 bits per heavy atom. The fourth-order valence-corrected chi connectivity index (χ4v) is 3.88. The standard InChI is InChI=1S/C18H10Cl2N2OS/c19-11-5-7-12(8-6-11)22-10-21-16-14(9-24-17(16)18(22)23)13-3-1-2-4-15(13)20/h1-10H. The van der Waals surface area contributed by atoms with Gasteiger partial charge in [-0.3, -0.25) is 9.36 Å². The van der Waals surface area contributed by atoms with Gasteiger partial charge in [-0.05, 0) is 30.3 Å². The zero-order chi connectivity index (χ0) is 16.7. The fraction of sp³-hybridized carbons (Fsp3) is 0. The summed E-state index contributed by atoms with van der Waals surface area (Å²) in [5.41, 5.74) is 3.04. The van der Waals surface area contributed by atoms with Crippen LogP contribution in [0.5, 0.6) is 0 Å². The van der Waals surface area contributed by atoms with Crippen molar-refractivity contribution in [3.8, 4) is 16.8 Å². The highest BCUT2D eigenvalue weighted by molar-refractivity contribution is 7.17. The predicted molar refractivity (Wildman–Crippen MR) is 101 cm³/mol. The maximum atomic E-state index is 12.8. The summed E-state index contributed by atoms with van der Waals surface area (Å²) in [4.78, 5) is 17.3. The molecule has 0 N–H and O–H groups in total. The summed E-state index contributed by atoms with van der Waals surface area (Å²) < 4.78 is 2.12. The Morgan fingerprint density at radius 2 is 1.71 bits per heavy atom. The van der Waals surface area contributed by atoms with Gasteiger partial charge in [0.1, 0.15) is 11.0 Å². The van der Waals surface area contributed by atoms with E-state index in [0.717, 1.165) is 16.8 Å². The third kappa shape index (κ3) is 2.53. The van der Waals surface area contributed by atoms with Crippen molar-refractivity contribution >= 4 is 44.8 Å². The monoisotopic (exact) mass is 372 g/mol. The Kier molecular flexibility index (Phi) is 3.88. The van der Waals surface area contributed by atoms with Crippen LogP contribution < -0.4 is 5.56 Å². The van der Waals surface area contributed by atoms with Gasteiger partial charge in [-0.2, -0.15) is 0 Å². The van der Waals surface area contributed by atoms with Gasteiger partial charge >= 0.3 is 0 Å². The van der Waals surface area contributed by atoms with Gasteiger partial charge < -0.3 is 0 Å². The summed E-state index contributed by atoms with van der Waals surface area (Å²) in [5.74, 6) is 0. The average molecular weight is 373 g/mol. The first-order valence-electron chi connectivity index (χ1n) is 7.15. The van der Waals surface area contributed by atoms with Crippen LogP contribution in [-0.2, 0) is 0 Å². The zero-order valence-electron chi connectivity index (χ0n) is 12.2. The third-order valence-electron chi connectivity index (χ3n) is 3.75. The van der Waals surface area contributed by atoms with Crippen molar-refractivity contribution in [1.29, 1.82) is 0 Å². The molecule has 0 amide bonds. The Labute approximate surface area is 151 Å². The predicted octanol–water partition coefficient (Wildman–Crippen LogP) is 5.42. The van der Waals surface area contributed by atoms with Crippen molar-refractivity contribution in [2.75, 3.05) is 0 Å². The zero-order valence-corrected chi connectivity index (χ0v) is 14.6. The van der Waals surface area contributed by atoms with Crippen molar-refractivity contribution < 1.29 is 0 Å². The summed E-state index contributed by atoms with van der Waals surface area (Å²) in [6.07, 6.45) is 1.54. The molecule has 3 nitrogen and oxygen atoms in total. The van der Waals surface area contributed by atoms with E-state index in [2.05, 4.69) is 4.98 Å². The molecule has 4 rings (SSSR count). The van der Waals surface area contributed by atoms with Gasteiger partial charge in [-0.15, -0.1) is 11.3 Å². The number of benzene rings is 2. The van der Waals surface area contributed by atoms with E-state index in [0.29, 0.717) is 20.3 Å². The first-order valence-corrected chi connectivity index (χ1v) is 8.78. The largest absolute Gasteiger partial charge is 0.275 e. The lowest BCUT2D eigenvalue weighted by Crippen LogP contribution is -2.17. The molecule has 0 atom stereocenters. The lowest BCUT2D eigenvalue weighted by molar-refractivity contribution is 0.967. The molecule has 118 valence electrons. The molecule has 0 aliphatic rings. The van der Waals surface area contributed by atoms with Crippen molar-refractivity contribution in [2.24, 2.45) is 0 Å². The maximum Gasteiger partial charge on any atom is 0.275 e. The number of hydrogen-bond acceptors (Lipinski definition) is 3. The smallest absolute Gasteiger partial charge is 0.267 e. The first kappa shape index (κ1) is 15.4. The van der Waals surface area contributed by atoms with Gasteiger partial charge in [0.25, 0.3) is 5.56 Å². The van der Waals surface area contributed by atoms with E-state index in [4.69, 9.17) is 23.2 Å². The van der Waals surface area contributed by atoms with Crippen LogP contribution in [0.15, 0.2) is 65.0 Å². The SMILES string of the molecule is O=c1c2scc(-c3ccccc3Cl)c2ncn1-c1ccc(Cl)cc1. The molecule has 2 heterocycles. The van der Waals surface area contributed by atoms with Crippen LogP contribution in [0.1, 0.15) is 0 Å². The number of aromatic nitrogens is 2. The lowest BCUT2D eigenvalue weighted by Gasteiger charge is -2.06. The molecule has 24 heavy (non-hydrogen) atoms. The van der Waals surface area contributed by atoms with Crippen molar-refractivity contribution in [3.63, 3.8) is 0 Å². The summed E-state index contributed by atoms with van der Waals surface area (Å²) in [6.45, 7) is 0. The van der Waals surface area contributed by atoms with Crippen molar-refractivity contribution in [2.45, 2.75) is 0 Å².